The number of likely N-dealkylation sites (N-methyl/N-ethyl adjacent to an activating group) is 1. The first-order valence-electron chi connectivity index (χ1n) is 5.35. The minimum absolute atomic E-state index is 0.0397. The van der Waals surface area contributed by atoms with Crippen molar-refractivity contribution in [2.24, 2.45) is 5.73 Å². The molecule has 1 aromatic carbocycles. The van der Waals surface area contributed by atoms with E-state index in [1.54, 1.807) is 7.05 Å². The van der Waals surface area contributed by atoms with Gasteiger partial charge >= 0.3 is 0 Å². The van der Waals surface area contributed by atoms with Crippen LogP contribution in [0.3, 0.4) is 0 Å². The van der Waals surface area contributed by atoms with E-state index in [9.17, 15) is 13.6 Å². The maximum atomic E-state index is 12.9. The quantitative estimate of drug-likeness (QED) is 0.865. The first-order valence-corrected chi connectivity index (χ1v) is 5.35. The molecule has 0 fully saturated rings. The van der Waals surface area contributed by atoms with Crippen LogP contribution in [0.2, 0.25) is 0 Å². The van der Waals surface area contributed by atoms with Crippen LogP contribution >= 0.6 is 0 Å². The van der Waals surface area contributed by atoms with Gasteiger partial charge in [-0.25, -0.2) is 8.78 Å². The van der Waals surface area contributed by atoms with E-state index in [2.05, 4.69) is 0 Å². The lowest BCUT2D eigenvalue weighted by molar-refractivity contribution is -0.130. The number of benzene rings is 1. The lowest BCUT2D eigenvalue weighted by atomic mass is 10.1. The zero-order valence-electron chi connectivity index (χ0n) is 9.91. The molecule has 1 amide bonds. The smallest absolute Gasteiger partial charge is 0.227 e. The van der Waals surface area contributed by atoms with Gasteiger partial charge in [-0.3, -0.25) is 4.79 Å². The molecule has 1 atom stereocenters. The monoisotopic (exact) mass is 242 g/mol. The third-order valence-corrected chi connectivity index (χ3v) is 2.74. The SMILES string of the molecule is C[C@H](CN)N(C)C(=O)Cc1ccc(F)c(F)c1. The molecule has 0 spiro atoms. The highest BCUT2D eigenvalue weighted by Gasteiger charge is 2.15. The second-order valence-electron chi connectivity index (χ2n) is 4.01. The Morgan fingerprint density at radius 1 is 1.41 bits per heavy atom. The van der Waals surface area contributed by atoms with Gasteiger partial charge in [0, 0.05) is 19.6 Å². The summed E-state index contributed by atoms with van der Waals surface area (Å²) < 4.78 is 25.6. The summed E-state index contributed by atoms with van der Waals surface area (Å²) in [5.41, 5.74) is 5.89. The highest BCUT2D eigenvalue weighted by atomic mass is 19.2. The first-order chi connectivity index (χ1) is 7.95. The van der Waals surface area contributed by atoms with Crippen LogP contribution in [0.5, 0.6) is 0 Å². The normalized spacial score (nSPS) is 12.3. The minimum atomic E-state index is -0.940. The molecule has 0 bridgehead atoms. The molecular formula is C12H16F2N2O. The van der Waals surface area contributed by atoms with E-state index < -0.39 is 11.6 Å². The molecule has 0 aromatic heterocycles. The van der Waals surface area contributed by atoms with Gasteiger partial charge in [-0.15, -0.1) is 0 Å². The molecule has 0 radical (unpaired) electrons. The molecule has 5 heteroatoms. The molecule has 2 N–H and O–H groups in total. The third kappa shape index (κ3) is 3.49. The molecule has 0 unspecified atom stereocenters. The standard InChI is InChI=1S/C12H16F2N2O/c1-8(7-15)16(2)12(17)6-9-3-4-10(13)11(14)5-9/h3-5,8H,6-7,15H2,1-2H3/t8-/m1/s1. The van der Waals surface area contributed by atoms with Crippen LogP contribution in [-0.2, 0) is 11.2 Å². The maximum absolute atomic E-state index is 12.9. The van der Waals surface area contributed by atoms with Gasteiger partial charge in [-0.1, -0.05) is 6.07 Å². The number of nitrogens with zero attached hydrogens (tertiary/aromatic N) is 1. The largest absolute Gasteiger partial charge is 0.341 e. The number of carbonyl (C=O) groups excluding carboxylic acids is 1. The van der Waals surface area contributed by atoms with Crippen molar-refractivity contribution in [3.05, 3.63) is 35.4 Å². The number of amides is 1. The molecule has 0 saturated carbocycles. The summed E-state index contributed by atoms with van der Waals surface area (Å²) >= 11 is 0. The third-order valence-electron chi connectivity index (χ3n) is 2.74. The lowest BCUT2D eigenvalue weighted by Gasteiger charge is -2.23. The Morgan fingerprint density at radius 2 is 2.06 bits per heavy atom. The summed E-state index contributed by atoms with van der Waals surface area (Å²) in [6.45, 7) is 2.18. The zero-order chi connectivity index (χ0) is 13.0. The Morgan fingerprint density at radius 3 is 2.59 bits per heavy atom. The van der Waals surface area contributed by atoms with Crippen LogP contribution in [0, 0.1) is 11.6 Å². The van der Waals surface area contributed by atoms with Crippen LogP contribution in [0.1, 0.15) is 12.5 Å². The van der Waals surface area contributed by atoms with Crippen molar-refractivity contribution in [3.8, 4) is 0 Å². The van der Waals surface area contributed by atoms with E-state index in [1.807, 2.05) is 6.92 Å². The molecule has 0 aliphatic carbocycles. The predicted molar refractivity (Wildman–Crippen MR) is 61.3 cm³/mol. The first kappa shape index (κ1) is 13.6. The average molecular weight is 242 g/mol. The van der Waals surface area contributed by atoms with Gasteiger partial charge in [0.25, 0.3) is 0 Å². The summed E-state index contributed by atoms with van der Waals surface area (Å²) in [7, 11) is 1.64. The Bertz CT molecular complexity index is 409. The Balaban J connectivity index is 2.71. The van der Waals surface area contributed by atoms with E-state index in [0.717, 1.165) is 12.1 Å². The lowest BCUT2D eigenvalue weighted by Crippen LogP contribution is -2.40. The number of nitrogens with two attached hydrogens (primary N) is 1. The van der Waals surface area contributed by atoms with Crippen molar-refractivity contribution < 1.29 is 13.6 Å². The van der Waals surface area contributed by atoms with Crippen LogP contribution in [0.15, 0.2) is 18.2 Å². The number of rotatable bonds is 4. The van der Waals surface area contributed by atoms with Crippen LogP contribution in [0.25, 0.3) is 0 Å². The van der Waals surface area contributed by atoms with Gasteiger partial charge in [0.2, 0.25) is 5.91 Å². The minimum Gasteiger partial charge on any atom is -0.341 e. The summed E-state index contributed by atoms with van der Waals surface area (Å²) in [4.78, 5) is 13.3. The number of hydrogen-bond acceptors (Lipinski definition) is 2. The van der Waals surface area contributed by atoms with Crippen molar-refractivity contribution in [1.82, 2.24) is 4.90 Å². The fourth-order valence-corrected chi connectivity index (χ4v) is 1.35. The molecular weight excluding hydrogens is 226 g/mol. The molecule has 94 valence electrons. The molecule has 17 heavy (non-hydrogen) atoms. The molecule has 0 heterocycles. The average Bonchev–Trinajstić information content (AvgIpc) is 2.31. The maximum Gasteiger partial charge on any atom is 0.227 e. The van der Waals surface area contributed by atoms with E-state index in [0.29, 0.717) is 12.1 Å². The highest BCUT2D eigenvalue weighted by molar-refractivity contribution is 5.78. The molecule has 3 nitrogen and oxygen atoms in total. The summed E-state index contributed by atoms with van der Waals surface area (Å²) in [6.07, 6.45) is 0.0397. The van der Waals surface area contributed by atoms with Crippen LogP contribution in [0.4, 0.5) is 8.78 Å². The van der Waals surface area contributed by atoms with Gasteiger partial charge in [-0.05, 0) is 24.6 Å². The molecule has 0 aliphatic heterocycles. The van der Waals surface area contributed by atoms with Crippen molar-refractivity contribution >= 4 is 5.91 Å². The fourth-order valence-electron chi connectivity index (χ4n) is 1.35. The summed E-state index contributed by atoms with van der Waals surface area (Å²) in [6, 6.07) is 3.38. The van der Waals surface area contributed by atoms with E-state index >= 15 is 0 Å². The number of carbonyl (C=O) groups is 1. The number of halogens is 2. The van der Waals surface area contributed by atoms with Gasteiger partial charge in [0.05, 0.1) is 6.42 Å². The summed E-state index contributed by atoms with van der Waals surface area (Å²) in [5, 5.41) is 0. The van der Waals surface area contributed by atoms with Crippen LogP contribution in [-0.4, -0.2) is 30.4 Å². The second-order valence-corrected chi connectivity index (χ2v) is 4.01. The van der Waals surface area contributed by atoms with Crippen molar-refractivity contribution in [2.45, 2.75) is 19.4 Å². The van der Waals surface area contributed by atoms with E-state index in [-0.39, 0.29) is 18.4 Å². The topological polar surface area (TPSA) is 46.3 Å². The Kier molecular flexibility index (Phi) is 4.57. The zero-order valence-corrected chi connectivity index (χ0v) is 9.91. The fraction of sp³-hybridized carbons (Fsp3) is 0.417. The molecule has 1 rings (SSSR count). The Hall–Kier alpha value is -1.49. The van der Waals surface area contributed by atoms with E-state index in [4.69, 9.17) is 5.73 Å². The molecule has 1 aromatic rings. The highest BCUT2D eigenvalue weighted by Crippen LogP contribution is 2.10. The van der Waals surface area contributed by atoms with Gasteiger partial charge in [-0.2, -0.15) is 0 Å². The predicted octanol–water partition coefficient (Wildman–Crippen LogP) is 1.31. The molecule has 0 saturated heterocycles. The Labute approximate surface area is 99.2 Å². The number of hydrogen-bond donors (Lipinski definition) is 1. The molecule has 0 aliphatic rings. The van der Waals surface area contributed by atoms with E-state index in [1.165, 1.54) is 11.0 Å². The second kappa shape index (κ2) is 5.72. The van der Waals surface area contributed by atoms with Crippen molar-refractivity contribution in [3.63, 3.8) is 0 Å². The summed E-state index contributed by atoms with van der Waals surface area (Å²) in [5.74, 6) is -2.02. The van der Waals surface area contributed by atoms with Crippen LogP contribution < -0.4 is 5.73 Å². The van der Waals surface area contributed by atoms with Crippen molar-refractivity contribution in [2.75, 3.05) is 13.6 Å². The van der Waals surface area contributed by atoms with Gasteiger partial charge < -0.3 is 10.6 Å². The van der Waals surface area contributed by atoms with Gasteiger partial charge in [0.15, 0.2) is 11.6 Å². The van der Waals surface area contributed by atoms with Crippen molar-refractivity contribution in [1.29, 1.82) is 0 Å². The van der Waals surface area contributed by atoms with Gasteiger partial charge in [0.1, 0.15) is 0 Å².